The molecule has 0 amide bonds. The number of rotatable bonds is 4. The molecule has 0 bridgehead atoms. The van der Waals surface area contributed by atoms with Crippen LogP contribution in [0.2, 0.25) is 0 Å². The maximum Gasteiger partial charge on any atom is 0.243 e. The molecule has 0 radical (unpaired) electrons. The Morgan fingerprint density at radius 3 is 2.30 bits per heavy atom. The molecule has 0 spiro atoms. The fourth-order valence-electron chi connectivity index (χ4n) is 3.11. The highest BCUT2D eigenvalue weighted by atomic mass is 32.2. The van der Waals surface area contributed by atoms with Crippen molar-refractivity contribution < 1.29 is 18.0 Å². The molecule has 23 heavy (non-hydrogen) atoms. The predicted octanol–water partition coefficient (Wildman–Crippen LogP) is 2.33. The van der Waals surface area contributed by atoms with Crippen LogP contribution < -0.4 is 0 Å². The lowest BCUT2D eigenvalue weighted by molar-refractivity contribution is -0.129. The maximum absolute atomic E-state index is 13.1. The molecule has 1 heterocycles. The lowest BCUT2D eigenvalue weighted by atomic mass is 9.86. The van der Waals surface area contributed by atoms with Crippen molar-refractivity contribution in [2.75, 3.05) is 0 Å². The second-order valence-electron chi connectivity index (χ2n) is 6.45. The summed E-state index contributed by atoms with van der Waals surface area (Å²) in [6, 6.07) is 5.32. The van der Waals surface area contributed by atoms with Crippen molar-refractivity contribution in [3.63, 3.8) is 0 Å². The first kappa shape index (κ1) is 17.8. The van der Waals surface area contributed by atoms with E-state index in [9.17, 15) is 18.0 Å². The van der Waals surface area contributed by atoms with Gasteiger partial charge < -0.3 is 0 Å². The SMILES string of the molecule is CC(=O)C[C@@H]1[C@@H](C)CC(=O)[C@H](C)N1S(=O)(=O)c1ccc(C)cc1. The van der Waals surface area contributed by atoms with E-state index in [2.05, 4.69) is 0 Å². The van der Waals surface area contributed by atoms with Crippen molar-refractivity contribution in [3.8, 4) is 0 Å². The van der Waals surface area contributed by atoms with E-state index in [4.69, 9.17) is 0 Å². The fraction of sp³-hybridized carbons (Fsp3) is 0.529. The van der Waals surface area contributed by atoms with Crippen LogP contribution in [-0.2, 0) is 19.6 Å². The molecule has 3 atom stereocenters. The molecule has 1 aliphatic heterocycles. The molecule has 2 rings (SSSR count). The Labute approximate surface area is 137 Å². The molecular weight excluding hydrogens is 314 g/mol. The Hall–Kier alpha value is -1.53. The van der Waals surface area contributed by atoms with E-state index < -0.39 is 22.1 Å². The molecule has 1 saturated heterocycles. The second kappa shape index (κ2) is 6.53. The molecule has 1 aromatic carbocycles. The van der Waals surface area contributed by atoms with Gasteiger partial charge in [-0.1, -0.05) is 24.6 Å². The summed E-state index contributed by atoms with van der Waals surface area (Å²) in [4.78, 5) is 23.9. The van der Waals surface area contributed by atoms with Gasteiger partial charge in [-0.15, -0.1) is 0 Å². The van der Waals surface area contributed by atoms with Crippen LogP contribution in [0, 0.1) is 12.8 Å². The number of sulfonamides is 1. The third-order valence-corrected chi connectivity index (χ3v) is 6.46. The molecule has 0 aromatic heterocycles. The minimum Gasteiger partial charge on any atom is -0.300 e. The number of ketones is 2. The molecule has 126 valence electrons. The third-order valence-electron chi connectivity index (χ3n) is 4.45. The minimum atomic E-state index is -3.83. The highest BCUT2D eigenvalue weighted by Gasteiger charge is 2.45. The maximum atomic E-state index is 13.1. The zero-order valence-corrected chi connectivity index (χ0v) is 14.8. The summed E-state index contributed by atoms with van der Waals surface area (Å²) in [6.07, 6.45) is 0.433. The van der Waals surface area contributed by atoms with Crippen LogP contribution in [0.3, 0.4) is 0 Å². The summed E-state index contributed by atoms with van der Waals surface area (Å²) in [7, 11) is -3.83. The van der Waals surface area contributed by atoms with E-state index in [1.807, 2.05) is 13.8 Å². The first-order valence-electron chi connectivity index (χ1n) is 7.77. The molecule has 5 nitrogen and oxygen atoms in total. The van der Waals surface area contributed by atoms with Gasteiger partial charge in [-0.25, -0.2) is 8.42 Å². The first-order chi connectivity index (χ1) is 10.6. The number of benzene rings is 1. The van der Waals surface area contributed by atoms with Gasteiger partial charge in [0.05, 0.1) is 10.9 Å². The molecule has 0 N–H and O–H groups in total. The first-order valence-corrected chi connectivity index (χ1v) is 9.21. The van der Waals surface area contributed by atoms with Crippen molar-refractivity contribution in [1.82, 2.24) is 4.31 Å². The van der Waals surface area contributed by atoms with Gasteiger partial charge in [-0.2, -0.15) is 4.31 Å². The standard InChI is InChI=1S/C17H23NO4S/c1-11-5-7-15(8-6-11)23(21,22)18-14(4)17(20)9-12(2)16(18)10-13(3)19/h5-8,12,14,16H,9-10H2,1-4H3/t12-,14-,16+/m0/s1. The number of piperidine rings is 1. The van der Waals surface area contributed by atoms with Crippen LogP contribution >= 0.6 is 0 Å². The summed E-state index contributed by atoms with van der Waals surface area (Å²) in [5.74, 6) is -0.358. The predicted molar refractivity (Wildman–Crippen MR) is 87.5 cm³/mol. The Kier molecular flexibility index (Phi) is 5.06. The van der Waals surface area contributed by atoms with Crippen LogP contribution in [0.15, 0.2) is 29.2 Å². The van der Waals surface area contributed by atoms with Crippen molar-refractivity contribution in [2.24, 2.45) is 5.92 Å². The summed E-state index contributed by atoms with van der Waals surface area (Å²) >= 11 is 0. The van der Waals surface area contributed by atoms with E-state index in [0.29, 0.717) is 6.42 Å². The summed E-state index contributed by atoms with van der Waals surface area (Å²) in [6.45, 7) is 6.76. The third kappa shape index (κ3) is 3.53. The molecule has 0 aliphatic carbocycles. The molecule has 1 fully saturated rings. The van der Waals surface area contributed by atoms with Gasteiger partial charge in [-0.05, 0) is 38.8 Å². The lowest BCUT2D eigenvalue weighted by Crippen LogP contribution is -2.56. The Morgan fingerprint density at radius 2 is 1.78 bits per heavy atom. The molecule has 1 aromatic rings. The van der Waals surface area contributed by atoms with Crippen LogP contribution in [0.4, 0.5) is 0 Å². The molecule has 0 saturated carbocycles. The molecule has 1 aliphatic rings. The number of hydrogen-bond donors (Lipinski definition) is 0. The largest absolute Gasteiger partial charge is 0.300 e. The zero-order chi connectivity index (χ0) is 17.4. The van der Waals surface area contributed by atoms with E-state index >= 15 is 0 Å². The number of hydrogen-bond acceptors (Lipinski definition) is 4. The number of Topliss-reactive ketones (excluding diaryl/α,β-unsaturated/α-hetero) is 2. The fourth-order valence-corrected chi connectivity index (χ4v) is 5.00. The number of carbonyl (C=O) groups is 2. The van der Waals surface area contributed by atoms with Crippen molar-refractivity contribution in [1.29, 1.82) is 0 Å². The van der Waals surface area contributed by atoms with E-state index in [1.165, 1.54) is 11.2 Å². The van der Waals surface area contributed by atoms with Gasteiger partial charge in [0.1, 0.15) is 5.78 Å². The second-order valence-corrected chi connectivity index (χ2v) is 8.29. The molecule has 6 heteroatoms. The molecule has 0 unspecified atom stereocenters. The summed E-state index contributed by atoms with van der Waals surface area (Å²) in [5.41, 5.74) is 0.959. The average molecular weight is 337 g/mol. The highest BCUT2D eigenvalue weighted by Crippen LogP contribution is 2.33. The monoisotopic (exact) mass is 337 g/mol. The minimum absolute atomic E-state index is 0.0764. The van der Waals surface area contributed by atoms with E-state index in [1.54, 1.807) is 31.2 Å². The van der Waals surface area contributed by atoms with E-state index in [0.717, 1.165) is 5.56 Å². The Morgan fingerprint density at radius 1 is 1.22 bits per heavy atom. The van der Waals surface area contributed by atoms with Gasteiger partial charge in [0.15, 0.2) is 5.78 Å². The van der Waals surface area contributed by atoms with Gasteiger partial charge in [0.2, 0.25) is 10.0 Å². The van der Waals surface area contributed by atoms with Crippen LogP contribution in [0.5, 0.6) is 0 Å². The van der Waals surface area contributed by atoms with Crippen molar-refractivity contribution >= 4 is 21.6 Å². The quantitative estimate of drug-likeness (QED) is 0.845. The normalized spacial score (nSPS) is 26.3. The smallest absolute Gasteiger partial charge is 0.243 e. The topological polar surface area (TPSA) is 71.5 Å². The lowest BCUT2D eigenvalue weighted by Gasteiger charge is -2.41. The summed E-state index contributed by atoms with van der Waals surface area (Å²) in [5, 5.41) is 0. The van der Waals surface area contributed by atoms with Crippen LogP contribution in [0.25, 0.3) is 0 Å². The zero-order valence-electron chi connectivity index (χ0n) is 13.9. The number of aryl methyl sites for hydroxylation is 1. The van der Waals surface area contributed by atoms with Crippen molar-refractivity contribution in [2.45, 2.75) is 57.5 Å². The summed E-state index contributed by atoms with van der Waals surface area (Å²) < 4.78 is 27.4. The van der Waals surface area contributed by atoms with Gasteiger partial charge in [0, 0.05) is 18.9 Å². The Bertz CT molecular complexity index is 709. The van der Waals surface area contributed by atoms with Crippen LogP contribution in [0.1, 0.15) is 39.2 Å². The highest BCUT2D eigenvalue weighted by molar-refractivity contribution is 7.89. The van der Waals surface area contributed by atoms with Gasteiger partial charge in [-0.3, -0.25) is 9.59 Å². The number of nitrogens with zero attached hydrogens (tertiary/aromatic N) is 1. The average Bonchev–Trinajstić information content (AvgIpc) is 2.44. The van der Waals surface area contributed by atoms with Crippen molar-refractivity contribution in [3.05, 3.63) is 29.8 Å². The van der Waals surface area contributed by atoms with E-state index in [-0.39, 0.29) is 28.8 Å². The molecular formula is C17H23NO4S. The Balaban J connectivity index is 2.50. The number of carbonyl (C=O) groups excluding carboxylic acids is 2. The van der Waals surface area contributed by atoms with Gasteiger partial charge >= 0.3 is 0 Å². The van der Waals surface area contributed by atoms with Crippen LogP contribution in [-0.4, -0.2) is 36.4 Å². The van der Waals surface area contributed by atoms with Gasteiger partial charge in [0.25, 0.3) is 0 Å².